The van der Waals surface area contributed by atoms with Gasteiger partial charge in [0.05, 0.1) is 18.9 Å². The monoisotopic (exact) mass is 498 g/mol. The molecule has 1 aromatic heterocycles. The van der Waals surface area contributed by atoms with Crippen molar-refractivity contribution >= 4 is 28.3 Å². The van der Waals surface area contributed by atoms with Gasteiger partial charge in [-0.25, -0.2) is 9.78 Å². The lowest BCUT2D eigenvalue weighted by atomic mass is 9.81. The number of nitrogens with one attached hydrogen (secondary N) is 1. The topological polar surface area (TPSA) is 95.0 Å². The Kier molecular flexibility index (Phi) is 7.36. The number of rotatable bonds is 6. The van der Waals surface area contributed by atoms with E-state index in [9.17, 15) is 14.7 Å². The van der Waals surface area contributed by atoms with Crippen molar-refractivity contribution in [2.45, 2.75) is 56.5 Å². The quantitative estimate of drug-likeness (QED) is 0.628. The Labute approximate surface area is 210 Å². The van der Waals surface area contributed by atoms with Crippen molar-refractivity contribution in [1.29, 1.82) is 0 Å². The first kappa shape index (κ1) is 24.2. The zero-order valence-corrected chi connectivity index (χ0v) is 20.9. The van der Waals surface area contributed by atoms with Crippen LogP contribution < -0.4 is 10.2 Å². The standard InChI is InChI=1S/C26H34N4O4S/c31-23(28-26(24(32)33)10-2-1-3-11-26)20-6-4-19(5-7-20)22-18-35-25(27-22)30-12-8-21(9-13-30)29-14-16-34-17-15-29/h4-7,18,21H,1-3,8-17H2,(H,28,31)(H,32,33). The molecule has 3 fully saturated rings. The van der Waals surface area contributed by atoms with Crippen molar-refractivity contribution in [2.24, 2.45) is 0 Å². The van der Waals surface area contributed by atoms with Gasteiger partial charge in [-0.3, -0.25) is 9.69 Å². The third kappa shape index (κ3) is 5.37. The highest BCUT2D eigenvalue weighted by atomic mass is 32.1. The largest absolute Gasteiger partial charge is 0.480 e. The smallest absolute Gasteiger partial charge is 0.329 e. The zero-order valence-electron chi connectivity index (χ0n) is 20.1. The Morgan fingerprint density at radius 3 is 2.37 bits per heavy atom. The summed E-state index contributed by atoms with van der Waals surface area (Å²) in [7, 11) is 0. The number of anilines is 1. The van der Waals surface area contributed by atoms with Crippen LogP contribution >= 0.6 is 11.3 Å². The predicted octanol–water partition coefficient (Wildman–Crippen LogP) is 3.63. The van der Waals surface area contributed by atoms with E-state index in [-0.39, 0.29) is 5.91 Å². The molecule has 1 aromatic carbocycles. The number of hydrogen-bond donors (Lipinski definition) is 2. The number of thiazole rings is 1. The molecule has 0 unspecified atom stereocenters. The minimum atomic E-state index is -1.15. The first-order valence-corrected chi connectivity index (χ1v) is 13.6. The first-order valence-electron chi connectivity index (χ1n) is 12.7. The fraction of sp³-hybridized carbons (Fsp3) is 0.577. The van der Waals surface area contributed by atoms with Gasteiger partial charge in [0, 0.05) is 48.7 Å². The number of amides is 1. The zero-order chi connectivity index (χ0) is 24.3. The van der Waals surface area contributed by atoms with E-state index in [0.29, 0.717) is 24.4 Å². The summed E-state index contributed by atoms with van der Waals surface area (Å²) < 4.78 is 5.49. The van der Waals surface area contributed by atoms with Crippen LogP contribution in [0.25, 0.3) is 11.3 Å². The van der Waals surface area contributed by atoms with E-state index in [2.05, 4.69) is 20.5 Å². The molecule has 5 rings (SSSR count). The fourth-order valence-corrected chi connectivity index (χ4v) is 6.43. The van der Waals surface area contributed by atoms with Gasteiger partial charge in [0.15, 0.2) is 5.13 Å². The van der Waals surface area contributed by atoms with E-state index in [4.69, 9.17) is 9.72 Å². The number of nitrogens with zero attached hydrogens (tertiary/aromatic N) is 3. The van der Waals surface area contributed by atoms with Crippen LogP contribution in [0.2, 0.25) is 0 Å². The van der Waals surface area contributed by atoms with Crippen molar-refractivity contribution < 1.29 is 19.4 Å². The molecule has 0 radical (unpaired) electrons. The number of benzene rings is 1. The summed E-state index contributed by atoms with van der Waals surface area (Å²) in [5, 5.41) is 15.7. The van der Waals surface area contributed by atoms with E-state index in [0.717, 1.165) is 87.9 Å². The summed E-state index contributed by atoms with van der Waals surface area (Å²) in [4.78, 5) is 34.5. The molecule has 2 aromatic rings. The summed E-state index contributed by atoms with van der Waals surface area (Å²) >= 11 is 1.66. The summed E-state index contributed by atoms with van der Waals surface area (Å²) in [5.74, 6) is -1.27. The van der Waals surface area contributed by atoms with Crippen LogP contribution in [-0.2, 0) is 9.53 Å². The summed E-state index contributed by atoms with van der Waals surface area (Å²) in [5.41, 5.74) is 1.19. The molecule has 3 aliphatic rings. The molecule has 1 amide bonds. The molecule has 2 N–H and O–H groups in total. The Morgan fingerprint density at radius 1 is 1.03 bits per heavy atom. The summed E-state index contributed by atoms with van der Waals surface area (Å²) in [6, 6.07) is 7.95. The molecule has 35 heavy (non-hydrogen) atoms. The van der Waals surface area contributed by atoms with Gasteiger partial charge in [-0.15, -0.1) is 11.3 Å². The second-order valence-corrected chi connectivity index (χ2v) is 10.7. The van der Waals surface area contributed by atoms with E-state index in [1.54, 1.807) is 23.5 Å². The maximum atomic E-state index is 12.8. The number of aromatic nitrogens is 1. The highest BCUT2D eigenvalue weighted by Gasteiger charge is 2.41. The molecular formula is C26H34N4O4S. The third-order valence-corrected chi connectivity index (χ3v) is 8.60. The van der Waals surface area contributed by atoms with Gasteiger partial charge in [0.2, 0.25) is 0 Å². The minimum Gasteiger partial charge on any atom is -0.480 e. The molecule has 2 aliphatic heterocycles. The SMILES string of the molecule is O=C(NC1(C(=O)O)CCCCC1)c1ccc(-c2csc(N3CCC(N4CCOCC4)CC3)n2)cc1. The molecule has 1 aliphatic carbocycles. The number of carbonyl (C=O) groups excluding carboxylic acids is 1. The van der Waals surface area contributed by atoms with Gasteiger partial charge in [-0.05, 0) is 37.8 Å². The number of morpholine rings is 1. The lowest BCUT2D eigenvalue weighted by Crippen LogP contribution is -2.55. The molecule has 0 atom stereocenters. The van der Waals surface area contributed by atoms with Crippen LogP contribution in [-0.4, -0.2) is 77.8 Å². The van der Waals surface area contributed by atoms with Gasteiger partial charge in [0.1, 0.15) is 5.54 Å². The van der Waals surface area contributed by atoms with Crippen molar-refractivity contribution in [2.75, 3.05) is 44.3 Å². The van der Waals surface area contributed by atoms with Crippen molar-refractivity contribution in [3.8, 4) is 11.3 Å². The predicted molar refractivity (Wildman–Crippen MR) is 136 cm³/mol. The first-order chi connectivity index (χ1) is 17.0. The van der Waals surface area contributed by atoms with Gasteiger partial charge in [-0.1, -0.05) is 31.4 Å². The summed E-state index contributed by atoms with van der Waals surface area (Å²) in [6.07, 6.45) is 5.92. The minimum absolute atomic E-state index is 0.331. The van der Waals surface area contributed by atoms with Gasteiger partial charge in [0.25, 0.3) is 5.91 Å². The molecule has 0 spiro atoms. The lowest BCUT2D eigenvalue weighted by molar-refractivity contribution is -0.145. The molecule has 0 bridgehead atoms. The number of carbonyl (C=O) groups is 2. The number of piperidine rings is 1. The van der Waals surface area contributed by atoms with Gasteiger partial charge >= 0.3 is 5.97 Å². The average Bonchev–Trinajstić information content (AvgIpc) is 3.40. The average molecular weight is 499 g/mol. The number of carboxylic acids is 1. The molecule has 8 nitrogen and oxygen atoms in total. The molecule has 9 heteroatoms. The van der Waals surface area contributed by atoms with E-state index < -0.39 is 11.5 Å². The molecule has 3 heterocycles. The Morgan fingerprint density at radius 2 is 1.71 bits per heavy atom. The molecular weight excluding hydrogens is 464 g/mol. The van der Waals surface area contributed by atoms with Crippen LogP contribution in [0.5, 0.6) is 0 Å². The van der Waals surface area contributed by atoms with Crippen molar-refractivity contribution in [1.82, 2.24) is 15.2 Å². The number of carboxylic acid groups (broad SMARTS) is 1. The third-order valence-electron chi connectivity index (χ3n) is 7.70. The second kappa shape index (κ2) is 10.6. The number of aliphatic carboxylic acids is 1. The van der Waals surface area contributed by atoms with E-state index >= 15 is 0 Å². The van der Waals surface area contributed by atoms with Crippen LogP contribution in [0.1, 0.15) is 55.3 Å². The molecule has 1 saturated carbocycles. The highest BCUT2D eigenvalue weighted by molar-refractivity contribution is 7.14. The number of ether oxygens (including phenoxy) is 1. The van der Waals surface area contributed by atoms with Gasteiger partial charge < -0.3 is 20.1 Å². The molecule has 188 valence electrons. The lowest BCUT2D eigenvalue weighted by Gasteiger charge is -2.40. The molecule has 2 saturated heterocycles. The van der Waals surface area contributed by atoms with E-state index in [1.165, 1.54) is 0 Å². The van der Waals surface area contributed by atoms with Crippen LogP contribution in [0, 0.1) is 0 Å². The highest BCUT2D eigenvalue weighted by Crippen LogP contribution is 2.31. The van der Waals surface area contributed by atoms with Crippen molar-refractivity contribution in [3.63, 3.8) is 0 Å². The van der Waals surface area contributed by atoms with Gasteiger partial charge in [-0.2, -0.15) is 0 Å². The summed E-state index contributed by atoms with van der Waals surface area (Å²) in [6.45, 7) is 5.79. The number of hydrogen-bond acceptors (Lipinski definition) is 7. The normalized spacial score (nSPS) is 21.5. The van der Waals surface area contributed by atoms with Crippen molar-refractivity contribution in [3.05, 3.63) is 35.2 Å². The Bertz CT molecular complexity index is 1020. The second-order valence-electron chi connectivity index (χ2n) is 9.86. The van der Waals surface area contributed by atoms with Crippen LogP contribution in [0.15, 0.2) is 29.6 Å². The van der Waals surface area contributed by atoms with Crippen LogP contribution in [0.3, 0.4) is 0 Å². The Balaban J connectivity index is 1.19. The van der Waals surface area contributed by atoms with E-state index in [1.807, 2.05) is 12.1 Å². The fourth-order valence-electron chi connectivity index (χ4n) is 5.54. The van der Waals surface area contributed by atoms with Crippen LogP contribution in [0.4, 0.5) is 5.13 Å². The maximum absolute atomic E-state index is 12.8. The Hall–Kier alpha value is -2.49. The maximum Gasteiger partial charge on any atom is 0.329 e.